The van der Waals surface area contributed by atoms with Crippen LogP contribution in [0.5, 0.6) is 5.75 Å². The number of carbonyl (C=O) groups excluding carboxylic acids is 2. The van der Waals surface area contributed by atoms with Crippen molar-refractivity contribution in [3.63, 3.8) is 0 Å². The summed E-state index contributed by atoms with van der Waals surface area (Å²) in [5, 5.41) is 0.668. The van der Waals surface area contributed by atoms with Gasteiger partial charge in [0.15, 0.2) is 5.16 Å². The van der Waals surface area contributed by atoms with Crippen molar-refractivity contribution in [1.29, 1.82) is 0 Å². The van der Waals surface area contributed by atoms with E-state index < -0.39 is 5.91 Å². The van der Waals surface area contributed by atoms with E-state index in [0.29, 0.717) is 10.9 Å². The number of nitrogens with zero attached hydrogens (tertiary/aromatic N) is 2. The van der Waals surface area contributed by atoms with E-state index >= 15 is 0 Å². The highest BCUT2D eigenvalue weighted by Crippen LogP contribution is 2.22. The van der Waals surface area contributed by atoms with Crippen molar-refractivity contribution in [3.05, 3.63) is 60.7 Å². The standard InChI is InChI=1S/C17H17N5O3S/c1-25-13-6-4-12(5-7-13)22-10-9-19-17(22)26-11-15(23)20-21-16(24)14-3-2-8-18-14/h2-10,18H,11H2,1H3,(H,20,23)(H,21,24). The lowest BCUT2D eigenvalue weighted by molar-refractivity contribution is -0.119. The number of aromatic amines is 1. The van der Waals surface area contributed by atoms with E-state index in [1.54, 1.807) is 31.6 Å². The lowest BCUT2D eigenvalue weighted by Gasteiger charge is -2.09. The fourth-order valence-electron chi connectivity index (χ4n) is 2.17. The normalized spacial score (nSPS) is 10.3. The summed E-state index contributed by atoms with van der Waals surface area (Å²) in [6.45, 7) is 0. The van der Waals surface area contributed by atoms with Gasteiger partial charge in [-0.25, -0.2) is 4.98 Å². The number of carbonyl (C=O) groups is 2. The summed E-state index contributed by atoms with van der Waals surface area (Å²) >= 11 is 1.27. The highest BCUT2D eigenvalue weighted by Gasteiger charge is 2.11. The lowest BCUT2D eigenvalue weighted by atomic mass is 10.3. The molecule has 9 heteroatoms. The summed E-state index contributed by atoms with van der Waals surface area (Å²) in [5.74, 6) is 0.130. The first-order valence-electron chi connectivity index (χ1n) is 7.70. The van der Waals surface area contributed by atoms with E-state index in [0.717, 1.165) is 11.4 Å². The number of hydrogen-bond acceptors (Lipinski definition) is 5. The van der Waals surface area contributed by atoms with Crippen LogP contribution in [0, 0.1) is 0 Å². The summed E-state index contributed by atoms with van der Waals surface area (Å²) < 4.78 is 7.02. The van der Waals surface area contributed by atoms with Crippen molar-refractivity contribution in [2.45, 2.75) is 5.16 Å². The van der Waals surface area contributed by atoms with E-state index in [2.05, 4.69) is 20.8 Å². The Kier molecular flexibility index (Phi) is 5.59. The Bertz CT molecular complexity index is 874. The SMILES string of the molecule is COc1ccc(-n2ccnc2SCC(=O)NNC(=O)c2ccc[nH]2)cc1. The van der Waals surface area contributed by atoms with Crippen LogP contribution in [0.1, 0.15) is 10.5 Å². The van der Waals surface area contributed by atoms with Gasteiger partial charge in [-0.1, -0.05) is 11.8 Å². The molecule has 2 amide bonds. The number of amides is 2. The van der Waals surface area contributed by atoms with Gasteiger partial charge in [0, 0.05) is 24.3 Å². The van der Waals surface area contributed by atoms with Crippen LogP contribution in [-0.4, -0.2) is 39.2 Å². The van der Waals surface area contributed by atoms with Crippen LogP contribution in [0.4, 0.5) is 0 Å². The molecule has 2 heterocycles. The van der Waals surface area contributed by atoms with Gasteiger partial charge in [-0.05, 0) is 36.4 Å². The van der Waals surface area contributed by atoms with Crippen LogP contribution in [0.15, 0.2) is 60.1 Å². The van der Waals surface area contributed by atoms with Gasteiger partial charge in [0.25, 0.3) is 5.91 Å². The maximum absolute atomic E-state index is 11.9. The third-order valence-corrected chi connectivity index (χ3v) is 4.41. The molecule has 0 saturated carbocycles. The topological polar surface area (TPSA) is 101 Å². The average molecular weight is 371 g/mol. The van der Waals surface area contributed by atoms with Gasteiger partial charge >= 0.3 is 0 Å². The van der Waals surface area contributed by atoms with Gasteiger partial charge in [-0.2, -0.15) is 0 Å². The Morgan fingerprint density at radius 3 is 2.73 bits per heavy atom. The first kappa shape index (κ1) is 17.6. The van der Waals surface area contributed by atoms with Gasteiger partial charge in [-0.15, -0.1) is 0 Å². The van der Waals surface area contributed by atoms with Crippen LogP contribution < -0.4 is 15.6 Å². The predicted octanol–water partition coefficient (Wildman–Crippen LogP) is 1.76. The van der Waals surface area contributed by atoms with Crippen molar-refractivity contribution in [2.24, 2.45) is 0 Å². The summed E-state index contributed by atoms with van der Waals surface area (Å²) in [6, 6.07) is 10.8. The van der Waals surface area contributed by atoms with Crippen molar-refractivity contribution >= 4 is 23.6 Å². The van der Waals surface area contributed by atoms with Gasteiger partial charge in [0.2, 0.25) is 5.91 Å². The molecular formula is C17H17N5O3S. The Balaban J connectivity index is 1.54. The summed E-state index contributed by atoms with van der Waals surface area (Å²) in [7, 11) is 1.61. The van der Waals surface area contributed by atoms with E-state index in [-0.39, 0.29) is 11.7 Å². The zero-order chi connectivity index (χ0) is 18.4. The summed E-state index contributed by atoms with van der Waals surface area (Å²) in [5.41, 5.74) is 6.00. The molecule has 0 fully saturated rings. The fraction of sp³-hybridized carbons (Fsp3) is 0.118. The minimum atomic E-state index is -0.409. The molecule has 0 bridgehead atoms. The van der Waals surface area contributed by atoms with Crippen LogP contribution in [0.2, 0.25) is 0 Å². The number of hydrazine groups is 1. The highest BCUT2D eigenvalue weighted by molar-refractivity contribution is 7.99. The van der Waals surface area contributed by atoms with E-state index in [1.165, 1.54) is 11.8 Å². The number of aromatic nitrogens is 3. The predicted molar refractivity (Wildman–Crippen MR) is 97.2 cm³/mol. The van der Waals surface area contributed by atoms with Crippen LogP contribution in [0.3, 0.4) is 0 Å². The number of rotatable bonds is 6. The molecule has 0 spiro atoms. The molecular weight excluding hydrogens is 354 g/mol. The highest BCUT2D eigenvalue weighted by atomic mass is 32.2. The molecule has 0 saturated heterocycles. The number of H-pyrrole nitrogens is 1. The smallest absolute Gasteiger partial charge is 0.286 e. The first-order chi connectivity index (χ1) is 12.7. The Morgan fingerprint density at radius 1 is 1.23 bits per heavy atom. The minimum absolute atomic E-state index is 0.109. The minimum Gasteiger partial charge on any atom is -0.497 e. The third-order valence-electron chi connectivity index (χ3n) is 3.45. The van der Waals surface area contributed by atoms with Gasteiger partial charge in [0.05, 0.1) is 12.9 Å². The van der Waals surface area contributed by atoms with Crippen molar-refractivity contribution in [3.8, 4) is 11.4 Å². The first-order valence-corrected chi connectivity index (χ1v) is 8.69. The molecule has 0 aliphatic rings. The van der Waals surface area contributed by atoms with Crippen LogP contribution >= 0.6 is 11.8 Å². The third kappa shape index (κ3) is 4.25. The number of imidazole rings is 1. The Labute approximate surface area is 153 Å². The molecule has 3 N–H and O–H groups in total. The fourth-order valence-corrected chi connectivity index (χ4v) is 2.94. The molecule has 8 nitrogen and oxygen atoms in total. The van der Waals surface area contributed by atoms with Gasteiger partial charge in [-0.3, -0.25) is 25.0 Å². The second-order valence-corrected chi connectivity index (χ2v) is 6.10. The molecule has 26 heavy (non-hydrogen) atoms. The summed E-state index contributed by atoms with van der Waals surface area (Å²) in [6.07, 6.45) is 5.11. The maximum Gasteiger partial charge on any atom is 0.286 e. The largest absolute Gasteiger partial charge is 0.497 e. The van der Waals surface area contributed by atoms with Gasteiger partial charge in [0.1, 0.15) is 11.4 Å². The van der Waals surface area contributed by atoms with Gasteiger partial charge < -0.3 is 9.72 Å². The molecule has 3 aromatic rings. The van der Waals surface area contributed by atoms with Crippen molar-refractivity contribution in [1.82, 2.24) is 25.4 Å². The monoisotopic (exact) mass is 371 g/mol. The number of ether oxygens (including phenoxy) is 1. The molecule has 0 atom stereocenters. The summed E-state index contributed by atoms with van der Waals surface area (Å²) in [4.78, 5) is 30.7. The second-order valence-electron chi connectivity index (χ2n) is 5.15. The average Bonchev–Trinajstić information content (AvgIpc) is 3.36. The quantitative estimate of drug-likeness (QED) is 0.453. The van der Waals surface area contributed by atoms with E-state index in [9.17, 15) is 9.59 Å². The number of methoxy groups -OCH3 is 1. The molecule has 3 rings (SSSR count). The van der Waals surface area contributed by atoms with E-state index in [1.807, 2.05) is 35.0 Å². The number of nitrogens with one attached hydrogen (secondary N) is 3. The maximum atomic E-state index is 11.9. The Hall–Kier alpha value is -3.20. The van der Waals surface area contributed by atoms with Crippen molar-refractivity contribution in [2.75, 3.05) is 12.9 Å². The Morgan fingerprint density at radius 2 is 2.04 bits per heavy atom. The molecule has 0 aliphatic heterocycles. The van der Waals surface area contributed by atoms with Crippen LogP contribution in [0.25, 0.3) is 5.69 Å². The van der Waals surface area contributed by atoms with Crippen LogP contribution in [-0.2, 0) is 4.79 Å². The molecule has 0 unspecified atom stereocenters. The molecule has 1 aromatic carbocycles. The molecule has 134 valence electrons. The zero-order valence-electron chi connectivity index (χ0n) is 13.9. The number of hydrogen-bond donors (Lipinski definition) is 3. The number of benzene rings is 1. The molecule has 0 aliphatic carbocycles. The zero-order valence-corrected chi connectivity index (χ0v) is 14.7. The molecule has 2 aromatic heterocycles. The second kappa shape index (κ2) is 8.26. The lowest BCUT2D eigenvalue weighted by Crippen LogP contribution is -2.42. The van der Waals surface area contributed by atoms with E-state index in [4.69, 9.17) is 4.74 Å². The van der Waals surface area contributed by atoms with Crippen molar-refractivity contribution < 1.29 is 14.3 Å². The number of thioether (sulfide) groups is 1. The molecule has 0 radical (unpaired) electrons.